The van der Waals surface area contributed by atoms with Gasteiger partial charge in [0.2, 0.25) is 11.8 Å². The highest BCUT2D eigenvalue weighted by atomic mass is 16.5. The largest absolute Gasteiger partial charge is 0.469 e. The number of esters is 2. The number of nitrogens with one attached hydrogen (secondary N) is 2. The van der Waals surface area contributed by atoms with Gasteiger partial charge in [-0.3, -0.25) is 19.2 Å². The van der Waals surface area contributed by atoms with Gasteiger partial charge < -0.3 is 20.1 Å². The van der Waals surface area contributed by atoms with Crippen LogP contribution < -0.4 is 10.6 Å². The number of hydrogen-bond donors (Lipinski definition) is 2. The summed E-state index contributed by atoms with van der Waals surface area (Å²) >= 11 is 0. The van der Waals surface area contributed by atoms with Crippen LogP contribution in [-0.4, -0.2) is 38.0 Å². The summed E-state index contributed by atoms with van der Waals surface area (Å²) in [5.74, 6) is -2.52. The predicted molar refractivity (Wildman–Crippen MR) is 77.0 cm³/mol. The Labute approximate surface area is 126 Å². The van der Waals surface area contributed by atoms with Crippen LogP contribution in [0.2, 0.25) is 0 Å². The molecule has 1 aromatic carbocycles. The minimum atomic E-state index is -0.676. The summed E-state index contributed by atoms with van der Waals surface area (Å²) in [6, 6.07) is 6.37. The van der Waals surface area contributed by atoms with Crippen molar-refractivity contribution in [3.8, 4) is 0 Å². The molecule has 0 bridgehead atoms. The molecule has 0 fully saturated rings. The summed E-state index contributed by atoms with van der Waals surface area (Å²) in [7, 11) is 2.35. The Bertz CT molecular complexity index is 533. The number of carbonyl (C=O) groups excluding carboxylic acids is 4. The second kappa shape index (κ2) is 8.40. The van der Waals surface area contributed by atoms with E-state index in [9.17, 15) is 19.2 Å². The molecule has 0 unspecified atom stereocenters. The van der Waals surface area contributed by atoms with E-state index >= 15 is 0 Å². The van der Waals surface area contributed by atoms with Crippen LogP contribution >= 0.6 is 0 Å². The topological polar surface area (TPSA) is 111 Å². The molecule has 0 heterocycles. The smallest absolute Gasteiger partial charge is 0.315 e. The number of rotatable bonds is 6. The van der Waals surface area contributed by atoms with Gasteiger partial charge in [0.25, 0.3) is 0 Å². The van der Waals surface area contributed by atoms with Crippen molar-refractivity contribution in [3.63, 3.8) is 0 Å². The van der Waals surface area contributed by atoms with Gasteiger partial charge in [-0.15, -0.1) is 0 Å². The highest BCUT2D eigenvalue weighted by Crippen LogP contribution is 2.21. The van der Waals surface area contributed by atoms with Crippen molar-refractivity contribution in [2.45, 2.75) is 12.8 Å². The molecule has 0 spiro atoms. The number of para-hydroxylation sites is 2. The predicted octanol–water partition coefficient (Wildman–Crippen LogP) is 0.690. The molecule has 8 heteroatoms. The van der Waals surface area contributed by atoms with E-state index in [0.717, 1.165) is 0 Å². The van der Waals surface area contributed by atoms with Gasteiger partial charge in [0.05, 0.1) is 25.6 Å². The van der Waals surface area contributed by atoms with Crippen molar-refractivity contribution in [2.75, 3.05) is 24.9 Å². The number of amides is 2. The molecule has 0 aliphatic rings. The van der Waals surface area contributed by atoms with Gasteiger partial charge in [0.15, 0.2) is 0 Å². The first-order valence-electron chi connectivity index (χ1n) is 6.28. The Kier molecular flexibility index (Phi) is 6.55. The van der Waals surface area contributed by atoms with Gasteiger partial charge in [-0.1, -0.05) is 12.1 Å². The molecule has 0 saturated carbocycles. The maximum Gasteiger partial charge on any atom is 0.315 e. The minimum Gasteiger partial charge on any atom is -0.469 e. The molecule has 0 radical (unpaired) electrons. The van der Waals surface area contributed by atoms with Crippen molar-refractivity contribution < 1.29 is 28.7 Å². The fourth-order valence-electron chi connectivity index (χ4n) is 1.50. The van der Waals surface area contributed by atoms with E-state index in [-0.39, 0.29) is 0 Å². The van der Waals surface area contributed by atoms with Crippen LogP contribution in [0.5, 0.6) is 0 Å². The first-order valence-corrected chi connectivity index (χ1v) is 6.28. The summed E-state index contributed by atoms with van der Waals surface area (Å²) in [6.07, 6.45) is -0.887. The standard InChI is InChI=1S/C14H16N2O6/c1-21-13(19)7-11(17)15-9-5-3-4-6-10(9)16-12(18)8-14(20)22-2/h3-6H,7-8H2,1-2H3,(H,15,17)(H,16,18). The zero-order valence-corrected chi connectivity index (χ0v) is 12.2. The number of hydrogen-bond acceptors (Lipinski definition) is 6. The van der Waals surface area contributed by atoms with Crippen LogP contribution in [0.1, 0.15) is 12.8 Å². The maximum absolute atomic E-state index is 11.6. The molecule has 1 aromatic rings. The van der Waals surface area contributed by atoms with E-state index in [1.54, 1.807) is 24.3 Å². The van der Waals surface area contributed by atoms with Gasteiger partial charge in [-0.05, 0) is 12.1 Å². The quantitative estimate of drug-likeness (QED) is 0.591. The molecule has 22 heavy (non-hydrogen) atoms. The van der Waals surface area contributed by atoms with E-state index in [0.29, 0.717) is 11.4 Å². The molecule has 0 aromatic heterocycles. The third kappa shape index (κ3) is 5.61. The third-order valence-corrected chi connectivity index (χ3v) is 2.54. The van der Waals surface area contributed by atoms with Crippen molar-refractivity contribution >= 4 is 35.1 Å². The lowest BCUT2D eigenvalue weighted by atomic mass is 10.2. The molecule has 1 rings (SSSR count). The molecule has 2 amide bonds. The van der Waals surface area contributed by atoms with E-state index in [1.807, 2.05) is 0 Å². The zero-order valence-electron chi connectivity index (χ0n) is 12.2. The van der Waals surface area contributed by atoms with Gasteiger partial charge >= 0.3 is 11.9 Å². The monoisotopic (exact) mass is 308 g/mol. The SMILES string of the molecule is COC(=O)CC(=O)Nc1ccccc1NC(=O)CC(=O)OC. The Balaban J connectivity index is 2.73. The lowest BCUT2D eigenvalue weighted by Crippen LogP contribution is -2.20. The number of ether oxygens (including phenoxy) is 2. The first kappa shape index (κ1) is 17.2. The summed E-state index contributed by atoms with van der Waals surface area (Å²) in [5, 5.41) is 4.96. The zero-order chi connectivity index (χ0) is 16.5. The molecule has 0 saturated heterocycles. The van der Waals surface area contributed by atoms with Crippen LogP contribution in [0.3, 0.4) is 0 Å². The second-order valence-electron chi connectivity index (χ2n) is 4.15. The Hall–Kier alpha value is -2.90. The van der Waals surface area contributed by atoms with Crippen LogP contribution in [0.15, 0.2) is 24.3 Å². The molecule has 2 N–H and O–H groups in total. The minimum absolute atomic E-state index is 0.301. The van der Waals surface area contributed by atoms with Crippen LogP contribution in [0.4, 0.5) is 11.4 Å². The molecular weight excluding hydrogens is 292 g/mol. The van der Waals surface area contributed by atoms with E-state index < -0.39 is 36.6 Å². The summed E-state index contributed by atoms with van der Waals surface area (Å²) in [4.78, 5) is 45.3. The van der Waals surface area contributed by atoms with Gasteiger partial charge in [0.1, 0.15) is 12.8 Å². The van der Waals surface area contributed by atoms with Gasteiger partial charge in [-0.2, -0.15) is 0 Å². The van der Waals surface area contributed by atoms with E-state index in [4.69, 9.17) is 0 Å². The van der Waals surface area contributed by atoms with Crippen LogP contribution in [-0.2, 0) is 28.7 Å². The first-order chi connectivity index (χ1) is 10.5. The van der Waals surface area contributed by atoms with Crippen molar-refractivity contribution in [3.05, 3.63) is 24.3 Å². The molecular formula is C14H16N2O6. The fraction of sp³-hybridized carbons (Fsp3) is 0.286. The van der Waals surface area contributed by atoms with Crippen molar-refractivity contribution in [1.82, 2.24) is 0 Å². The molecule has 0 aliphatic heterocycles. The van der Waals surface area contributed by atoms with Crippen molar-refractivity contribution in [1.29, 1.82) is 0 Å². The highest BCUT2D eigenvalue weighted by Gasteiger charge is 2.14. The Morgan fingerprint density at radius 2 is 1.18 bits per heavy atom. The van der Waals surface area contributed by atoms with E-state index in [2.05, 4.69) is 20.1 Å². The number of benzene rings is 1. The molecule has 8 nitrogen and oxygen atoms in total. The average molecular weight is 308 g/mol. The number of methoxy groups -OCH3 is 2. The fourth-order valence-corrected chi connectivity index (χ4v) is 1.50. The number of carbonyl (C=O) groups is 4. The van der Waals surface area contributed by atoms with Crippen molar-refractivity contribution in [2.24, 2.45) is 0 Å². The van der Waals surface area contributed by atoms with Crippen LogP contribution in [0, 0.1) is 0 Å². The van der Waals surface area contributed by atoms with Crippen LogP contribution in [0.25, 0.3) is 0 Å². The summed E-state index contributed by atoms with van der Waals surface area (Å²) in [5.41, 5.74) is 0.601. The summed E-state index contributed by atoms with van der Waals surface area (Å²) in [6.45, 7) is 0. The lowest BCUT2D eigenvalue weighted by molar-refractivity contribution is -0.144. The third-order valence-electron chi connectivity index (χ3n) is 2.54. The average Bonchev–Trinajstić information content (AvgIpc) is 2.48. The summed E-state index contributed by atoms with van der Waals surface area (Å²) < 4.78 is 8.78. The van der Waals surface area contributed by atoms with Gasteiger partial charge in [0, 0.05) is 0 Å². The normalized spacial score (nSPS) is 9.55. The Morgan fingerprint density at radius 3 is 1.50 bits per heavy atom. The highest BCUT2D eigenvalue weighted by molar-refractivity contribution is 6.07. The second-order valence-corrected chi connectivity index (χ2v) is 4.15. The molecule has 0 atom stereocenters. The Morgan fingerprint density at radius 1 is 0.818 bits per heavy atom. The van der Waals surface area contributed by atoms with E-state index in [1.165, 1.54) is 14.2 Å². The van der Waals surface area contributed by atoms with Gasteiger partial charge in [-0.25, -0.2) is 0 Å². The lowest BCUT2D eigenvalue weighted by Gasteiger charge is -2.11. The molecule has 118 valence electrons. The molecule has 0 aliphatic carbocycles. The number of anilines is 2. The maximum atomic E-state index is 11.6.